The van der Waals surface area contributed by atoms with E-state index in [2.05, 4.69) is 0 Å². The van der Waals surface area contributed by atoms with Crippen molar-refractivity contribution >= 4 is 29.2 Å². The van der Waals surface area contributed by atoms with E-state index < -0.39 is 12.1 Å². The highest BCUT2D eigenvalue weighted by Crippen LogP contribution is 2.38. The monoisotopic (exact) mass is 430 g/mol. The summed E-state index contributed by atoms with van der Waals surface area (Å²) < 4.78 is 10.9. The topological polar surface area (TPSA) is 59.1 Å². The highest BCUT2D eigenvalue weighted by atomic mass is 35.5. The second kappa shape index (κ2) is 9.49. The molecule has 0 aromatic heterocycles. The van der Waals surface area contributed by atoms with Crippen LogP contribution in [0.2, 0.25) is 5.02 Å². The van der Waals surface area contributed by atoms with Gasteiger partial charge in [-0.3, -0.25) is 9.59 Å². The summed E-state index contributed by atoms with van der Waals surface area (Å²) in [5, 5.41) is 0.605. The number of nitrogens with zero attached hydrogens (tertiary/aromatic N) is 2. The molecular formula is C23H27ClN2O4. The summed E-state index contributed by atoms with van der Waals surface area (Å²) in [6.07, 6.45) is -0.408. The Morgan fingerprint density at radius 1 is 1.20 bits per heavy atom. The number of hydrogen-bond donors (Lipinski definition) is 0. The van der Waals surface area contributed by atoms with Gasteiger partial charge in [0, 0.05) is 36.6 Å². The number of amides is 1. The van der Waals surface area contributed by atoms with Gasteiger partial charge in [-0.2, -0.15) is 0 Å². The van der Waals surface area contributed by atoms with E-state index in [0.717, 1.165) is 22.6 Å². The normalized spacial score (nSPS) is 18.7. The van der Waals surface area contributed by atoms with Gasteiger partial charge in [0.15, 0.2) is 6.10 Å². The zero-order valence-electron chi connectivity index (χ0n) is 17.7. The first kappa shape index (κ1) is 22.1. The van der Waals surface area contributed by atoms with Gasteiger partial charge in [0.05, 0.1) is 7.11 Å². The van der Waals surface area contributed by atoms with Crippen molar-refractivity contribution in [3.63, 3.8) is 0 Å². The lowest BCUT2D eigenvalue weighted by molar-refractivity contribution is -0.154. The molecule has 2 aromatic rings. The predicted molar refractivity (Wildman–Crippen MR) is 117 cm³/mol. The Kier molecular flexibility index (Phi) is 7.00. The molecule has 0 fully saturated rings. The van der Waals surface area contributed by atoms with Gasteiger partial charge in [-0.25, -0.2) is 0 Å². The van der Waals surface area contributed by atoms with E-state index in [4.69, 9.17) is 21.1 Å². The Bertz CT molecular complexity index is 914. The Morgan fingerprint density at radius 3 is 2.50 bits per heavy atom. The Balaban J connectivity index is 2.09. The highest BCUT2D eigenvalue weighted by Gasteiger charge is 2.40. The zero-order valence-corrected chi connectivity index (χ0v) is 18.5. The lowest BCUT2D eigenvalue weighted by atomic mass is 9.87. The molecule has 0 aliphatic carbocycles. The number of rotatable bonds is 6. The van der Waals surface area contributed by atoms with Crippen LogP contribution < -0.4 is 9.64 Å². The molecule has 2 atom stereocenters. The molecule has 0 spiro atoms. The fraction of sp³-hybridized carbons (Fsp3) is 0.391. The van der Waals surface area contributed by atoms with Crippen LogP contribution in [-0.4, -0.2) is 57.2 Å². The second-order valence-corrected chi connectivity index (χ2v) is 8.12. The van der Waals surface area contributed by atoms with E-state index in [1.807, 2.05) is 55.4 Å². The van der Waals surface area contributed by atoms with Gasteiger partial charge in [0.1, 0.15) is 5.75 Å². The molecule has 7 heteroatoms. The van der Waals surface area contributed by atoms with Crippen LogP contribution in [0.25, 0.3) is 0 Å². The van der Waals surface area contributed by atoms with Gasteiger partial charge in [-0.05, 0) is 62.0 Å². The van der Waals surface area contributed by atoms with Crippen LogP contribution in [0.15, 0.2) is 42.5 Å². The number of hydrogen-bond acceptors (Lipinski definition) is 5. The molecule has 1 amide bonds. The molecule has 0 unspecified atom stereocenters. The maximum atomic E-state index is 13.6. The minimum Gasteiger partial charge on any atom is -0.497 e. The predicted octanol–water partition coefficient (Wildman–Crippen LogP) is 3.51. The molecule has 6 nitrogen and oxygen atoms in total. The van der Waals surface area contributed by atoms with Crippen molar-refractivity contribution in [3.05, 3.63) is 58.6 Å². The highest BCUT2D eigenvalue weighted by molar-refractivity contribution is 6.30. The third-order valence-corrected chi connectivity index (χ3v) is 5.49. The van der Waals surface area contributed by atoms with Gasteiger partial charge in [-0.1, -0.05) is 23.7 Å². The summed E-state index contributed by atoms with van der Waals surface area (Å²) in [6, 6.07) is 13.0. The Hall–Kier alpha value is -2.57. The van der Waals surface area contributed by atoms with E-state index in [0.29, 0.717) is 24.5 Å². The molecule has 1 aliphatic heterocycles. The summed E-state index contributed by atoms with van der Waals surface area (Å²) in [6.45, 7) is 2.48. The van der Waals surface area contributed by atoms with Crippen molar-refractivity contribution in [2.24, 2.45) is 0 Å². The summed E-state index contributed by atoms with van der Waals surface area (Å²) in [7, 11) is 5.51. The fourth-order valence-electron chi connectivity index (χ4n) is 3.76. The minimum atomic E-state index is -0.927. The summed E-state index contributed by atoms with van der Waals surface area (Å²) >= 11 is 6.28. The molecule has 0 saturated heterocycles. The van der Waals surface area contributed by atoms with Crippen LogP contribution in [0, 0.1) is 0 Å². The number of fused-ring (bicyclic) bond motifs is 1. The second-order valence-electron chi connectivity index (χ2n) is 7.68. The zero-order chi connectivity index (χ0) is 21.8. The maximum absolute atomic E-state index is 13.6. The van der Waals surface area contributed by atoms with Crippen LogP contribution in [0.4, 0.5) is 5.69 Å². The number of methoxy groups -OCH3 is 1. The quantitative estimate of drug-likeness (QED) is 0.656. The molecule has 0 N–H and O–H groups in total. The van der Waals surface area contributed by atoms with Crippen molar-refractivity contribution < 1.29 is 19.1 Å². The third-order valence-electron chi connectivity index (χ3n) is 5.25. The van der Waals surface area contributed by atoms with Crippen molar-refractivity contribution in [2.45, 2.75) is 25.4 Å². The number of likely N-dealkylation sites (N-methyl/N-ethyl adjacent to an activating group) is 1. The van der Waals surface area contributed by atoms with E-state index >= 15 is 0 Å². The van der Waals surface area contributed by atoms with Crippen LogP contribution in [0.5, 0.6) is 5.75 Å². The van der Waals surface area contributed by atoms with E-state index in [1.165, 1.54) is 6.92 Å². The number of carbonyl (C=O) groups excluding carboxylic acids is 2. The number of esters is 1. The molecule has 3 rings (SSSR count). The number of benzene rings is 2. The summed E-state index contributed by atoms with van der Waals surface area (Å²) in [5.74, 6) is -0.329. The molecule has 1 heterocycles. The third kappa shape index (κ3) is 4.94. The molecule has 0 bridgehead atoms. The van der Waals surface area contributed by atoms with Crippen molar-refractivity contribution in [3.8, 4) is 5.75 Å². The lowest BCUT2D eigenvalue weighted by Gasteiger charge is -2.29. The molecule has 30 heavy (non-hydrogen) atoms. The number of halogens is 1. The molecular weight excluding hydrogens is 404 g/mol. The lowest BCUT2D eigenvalue weighted by Crippen LogP contribution is -2.45. The first-order valence-corrected chi connectivity index (χ1v) is 10.2. The SMILES string of the molecule is COc1ccc([C@H]2Cc3cc(Cl)ccc3N(CCN(C)C)C(=O)[C@@H]2OC(C)=O)cc1. The van der Waals surface area contributed by atoms with Gasteiger partial charge >= 0.3 is 5.97 Å². The smallest absolute Gasteiger partial charge is 0.303 e. The van der Waals surface area contributed by atoms with Crippen molar-refractivity contribution in [1.82, 2.24) is 4.90 Å². The largest absolute Gasteiger partial charge is 0.497 e. The number of ether oxygens (including phenoxy) is 2. The minimum absolute atomic E-state index is 0.228. The van der Waals surface area contributed by atoms with Gasteiger partial charge in [0.2, 0.25) is 0 Å². The first-order chi connectivity index (χ1) is 14.3. The van der Waals surface area contributed by atoms with Crippen molar-refractivity contribution in [1.29, 1.82) is 0 Å². The number of anilines is 1. The maximum Gasteiger partial charge on any atom is 0.303 e. The molecule has 1 aliphatic rings. The van der Waals surface area contributed by atoms with Gasteiger partial charge in [-0.15, -0.1) is 0 Å². The van der Waals surface area contributed by atoms with Crippen LogP contribution in [0.3, 0.4) is 0 Å². The number of carbonyl (C=O) groups is 2. The van der Waals surface area contributed by atoms with E-state index in [-0.39, 0.29) is 11.8 Å². The first-order valence-electron chi connectivity index (χ1n) is 9.86. The van der Waals surface area contributed by atoms with Crippen LogP contribution >= 0.6 is 11.6 Å². The van der Waals surface area contributed by atoms with Gasteiger partial charge < -0.3 is 19.3 Å². The molecule has 2 aromatic carbocycles. The summed E-state index contributed by atoms with van der Waals surface area (Å²) in [4.78, 5) is 29.2. The summed E-state index contributed by atoms with van der Waals surface area (Å²) in [5.41, 5.74) is 2.65. The fourth-order valence-corrected chi connectivity index (χ4v) is 3.95. The van der Waals surface area contributed by atoms with Crippen molar-refractivity contribution in [2.75, 3.05) is 39.2 Å². The van der Waals surface area contributed by atoms with Crippen LogP contribution in [-0.2, 0) is 20.7 Å². The van der Waals surface area contributed by atoms with Crippen LogP contribution in [0.1, 0.15) is 24.0 Å². The molecule has 0 radical (unpaired) electrons. The average Bonchev–Trinajstić information content (AvgIpc) is 2.81. The van der Waals surface area contributed by atoms with E-state index in [1.54, 1.807) is 18.1 Å². The Morgan fingerprint density at radius 2 is 1.90 bits per heavy atom. The standard InChI is InChI=1S/C23H27ClN2O4/c1-15(27)30-22-20(16-5-8-19(29-4)9-6-16)14-17-13-18(24)7-10-21(17)26(23(22)28)12-11-25(2)3/h5-10,13,20,22H,11-12,14H2,1-4H3/t20-,22-/m1/s1. The molecule has 160 valence electrons. The van der Waals surface area contributed by atoms with Gasteiger partial charge in [0.25, 0.3) is 5.91 Å². The average molecular weight is 431 g/mol. The Labute approximate surface area is 182 Å². The molecule has 0 saturated carbocycles. The van der Waals surface area contributed by atoms with E-state index in [9.17, 15) is 9.59 Å².